The maximum absolute atomic E-state index is 6.14. The number of allylic oxidation sites excluding steroid dienone is 1. The zero-order chi connectivity index (χ0) is 22.7. The van der Waals surface area contributed by atoms with Crippen molar-refractivity contribution in [1.82, 2.24) is 0 Å². The van der Waals surface area contributed by atoms with Crippen LogP contribution in [0.15, 0.2) is 46.6 Å². The van der Waals surface area contributed by atoms with Gasteiger partial charge in [-0.15, -0.1) is 0 Å². The summed E-state index contributed by atoms with van der Waals surface area (Å²) in [6.45, 7) is 18.2. The van der Waals surface area contributed by atoms with E-state index in [4.69, 9.17) is 4.74 Å². The average Bonchev–Trinajstić information content (AvgIpc) is 3.24. The van der Waals surface area contributed by atoms with Crippen LogP contribution in [0.5, 0.6) is 0 Å². The van der Waals surface area contributed by atoms with Gasteiger partial charge in [0.15, 0.2) is 0 Å². The molecule has 1 aromatic rings. The molecule has 2 rings (SSSR count). The van der Waals surface area contributed by atoms with Crippen LogP contribution in [-0.2, 0) is 4.74 Å². The first-order valence-corrected chi connectivity index (χ1v) is 20.6. The van der Waals surface area contributed by atoms with Gasteiger partial charge in [0.1, 0.15) is 0 Å². The van der Waals surface area contributed by atoms with Crippen molar-refractivity contribution in [2.45, 2.75) is 92.9 Å². The molecule has 0 spiro atoms. The molecule has 1 aliphatic rings. The van der Waals surface area contributed by atoms with Crippen LogP contribution in [0, 0.1) is 11.3 Å². The van der Waals surface area contributed by atoms with E-state index in [9.17, 15) is 0 Å². The van der Waals surface area contributed by atoms with E-state index in [2.05, 4.69) is 75.6 Å². The Bertz CT molecular complexity index is 666. The third-order valence-electron chi connectivity index (χ3n) is 7.37. The predicted octanol–water partition coefficient (Wildman–Crippen LogP) is 9.08. The van der Waals surface area contributed by atoms with Crippen molar-refractivity contribution >= 4 is 24.0 Å². The molecule has 2 heteroatoms. The molecule has 1 aliphatic heterocycles. The molecule has 174 valence electrons. The van der Waals surface area contributed by atoms with E-state index in [1.54, 1.807) is 18.9 Å². The summed E-state index contributed by atoms with van der Waals surface area (Å²) >= 11 is -2.32. The Morgan fingerprint density at radius 1 is 1.00 bits per heavy atom. The molecule has 31 heavy (non-hydrogen) atoms. The number of unbranched alkanes of at least 4 members (excludes halogenated alkanes) is 3. The normalized spacial score (nSPS) is 18.6. The van der Waals surface area contributed by atoms with Crippen LogP contribution in [0.4, 0.5) is 0 Å². The van der Waals surface area contributed by atoms with Crippen molar-refractivity contribution in [1.29, 1.82) is 0 Å². The molecule has 1 heterocycles. The van der Waals surface area contributed by atoms with E-state index in [0.29, 0.717) is 5.92 Å². The second-order valence-corrected chi connectivity index (χ2v) is 23.5. The van der Waals surface area contributed by atoms with Crippen LogP contribution in [0.2, 0.25) is 13.3 Å². The Morgan fingerprint density at radius 2 is 1.55 bits per heavy atom. The number of hydrogen-bond acceptors (Lipinski definition) is 1. The van der Waals surface area contributed by atoms with Gasteiger partial charge in [-0.25, -0.2) is 0 Å². The second-order valence-electron chi connectivity index (χ2n) is 10.6. The first kappa shape index (κ1) is 26.7. The zero-order valence-corrected chi connectivity index (χ0v) is 24.0. The van der Waals surface area contributed by atoms with Gasteiger partial charge in [0.05, 0.1) is 0 Å². The van der Waals surface area contributed by atoms with Crippen LogP contribution in [0.25, 0.3) is 5.57 Å². The van der Waals surface area contributed by atoms with Gasteiger partial charge in [0.2, 0.25) is 0 Å². The van der Waals surface area contributed by atoms with E-state index in [0.717, 1.165) is 19.6 Å². The molecule has 1 atom stereocenters. The molecule has 1 aromatic carbocycles. The first-order valence-electron chi connectivity index (χ1n) is 12.9. The van der Waals surface area contributed by atoms with E-state index >= 15 is 0 Å². The van der Waals surface area contributed by atoms with Crippen molar-refractivity contribution in [2.75, 3.05) is 13.2 Å². The number of benzene rings is 1. The Kier molecular flexibility index (Phi) is 11.4. The molecule has 0 aliphatic carbocycles. The summed E-state index contributed by atoms with van der Waals surface area (Å²) in [6.07, 6.45) is 9.31. The van der Waals surface area contributed by atoms with Crippen molar-refractivity contribution in [2.24, 2.45) is 11.3 Å². The monoisotopic (exact) mass is 532 g/mol. The Hall–Kier alpha value is -0.541. The summed E-state index contributed by atoms with van der Waals surface area (Å²) < 4.78 is 13.7. The van der Waals surface area contributed by atoms with E-state index in [1.807, 2.05) is 0 Å². The van der Waals surface area contributed by atoms with Gasteiger partial charge in [-0.1, -0.05) is 0 Å². The molecule has 0 radical (unpaired) electrons. The molecular formula is C29H48OSn. The average molecular weight is 531 g/mol. The molecule has 0 amide bonds. The van der Waals surface area contributed by atoms with Gasteiger partial charge in [0, 0.05) is 0 Å². The molecule has 0 bridgehead atoms. The molecule has 1 fully saturated rings. The Morgan fingerprint density at radius 3 is 2.06 bits per heavy atom. The van der Waals surface area contributed by atoms with Gasteiger partial charge in [0.25, 0.3) is 0 Å². The summed E-state index contributed by atoms with van der Waals surface area (Å²) in [6, 6.07) is 10.7. The fraction of sp³-hybridized carbons (Fsp3) is 0.655. The van der Waals surface area contributed by atoms with Crippen LogP contribution < -0.4 is 0 Å². The van der Waals surface area contributed by atoms with E-state index < -0.39 is 18.4 Å². The van der Waals surface area contributed by atoms with E-state index in [1.165, 1.54) is 49.7 Å². The Labute approximate surface area is 197 Å². The van der Waals surface area contributed by atoms with Crippen molar-refractivity contribution < 1.29 is 4.74 Å². The summed E-state index contributed by atoms with van der Waals surface area (Å²) in [5.74, 6) is 0.536. The molecule has 0 N–H and O–H groups in total. The molecular weight excluding hydrogens is 483 g/mol. The van der Waals surface area contributed by atoms with E-state index in [-0.39, 0.29) is 5.41 Å². The summed E-state index contributed by atoms with van der Waals surface area (Å²) in [5, 5.41) is 0. The van der Waals surface area contributed by atoms with Crippen LogP contribution in [0.3, 0.4) is 0 Å². The molecule has 0 aromatic heterocycles. The number of hydrogen-bond donors (Lipinski definition) is 0. The second kappa shape index (κ2) is 13.2. The SMILES string of the molecule is C=C(CC(C)(C)C1COC/C1=[CH]\[Sn]([CH2]CCC)([CH2]CCC)[CH2]CCC)c1ccccc1. The summed E-state index contributed by atoms with van der Waals surface area (Å²) in [7, 11) is 0. The van der Waals surface area contributed by atoms with Gasteiger partial charge in [-0.3, -0.25) is 0 Å². The van der Waals surface area contributed by atoms with Gasteiger partial charge < -0.3 is 0 Å². The minimum atomic E-state index is -2.32. The van der Waals surface area contributed by atoms with Crippen molar-refractivity contribution in [3.63, 3.8) is 0 Å². The zero-order valence-electron chi connectivity index (χ0n) is 21.1. The van der Waals surface area contributed by atoms with Crippen LogP contribution in [0.1, 0.15) is 85.1 Å². The van der Waals surface area contributed by atoms with Crippen molar-refractivity contribution in [3.05, 3.63) is 52.1 Å². The quantitative estimate of drug-likeness (QED) is 0.218. The van der Waals surface area contributed by atoms with Crippen LogP contribution in [-0.4, -0.2) is 31.6 Å². The standard InChI is InChI=1S/C17H21O.3C4H9.Sn/c1-13(15-8-6-5-7-9-15)10-17(3,4)16-12-18-11-14(16)2;3*1-3-4-2;/h2,5-9,16H,1,10-12H2,3-4H3;3*1,3-4H2,2H3;. The summed E-state index contributed by atoms with van der Waals surface area (Å²) in [5.41, 5.74) is 4.37. The minimum absolute atomic E-state index is 0.174. The van der Waals surface area contributed by atoms with Crippen LogP contribution >= 0.6 is 0 Å². The van der Waals surface area contributed by atoms with Crippen molar-refractivity contribution in [3.8, 4) is 0 Å². The fourth-order valence-electron chi connectivity index (χ4n) is 5.39. The van der Waals surface area contributed by atoms with Gasteiger partial charge >= 0.3 is 198 Å². The predicted molar refractivity (Wildman–Crippen MR) is 141 cm³/mol. The topological polar surface area (TPSA) is 9.23 Å². The molecule has 1 nitrogen and oxygen atoms in total. The van der Waals surface area contributed by atoms with Gasteiger partial charge in [-0.2, -0.15) is 0 Å². The number of ether oxygens (including phenoxy) is 1. The fourth-order valence-corrected chi connectivity index (χ4v) is 20.9. The maximum atomic E-state index is 6.14. The summed E-state index contributed by atoms with van der Waals surface area (Å²) in [4.78, 5) is 0. The molecule has 1 unspecified atom stereocenters. The Balaban J connectivity index is 2.27. The molecule has 1 saturated heterocycles. The third-order valence-corrected chi connectivity index (χ3v) is 21.7. The first-order chi connectivity index (χ1) is 14.9. The third kappa shape index (κ3) is 8.07. The molecule has 0 saturated carbocycles. The number of rotatable bonds is 14. The van der Waals surface area contributed by atoms with Gasteiger partial charge in [-0.05, 0) is 0 Å².